The zero-order chi connectivity index (χ0) is 24.4. The van der Waals surface area contributed by atoms with Gasteiger partial charge in [-0.15, -0.1) is 10.2 Å². The molecule has 7 nitrogen and oxygen atoms in total. The standard InChI is InChI=1S/C27H29N5O2S/c1-17(2)34-24-12-9-18(15-19(24)16-28)25-30-31-26(35-25)22-8-6-7-21-20(22)10-11-23(21)29-27(33)32-13-4-3-5-14-32/h6-9,12,15,17,23H,3-5,10-11,13-14H2,1-2H3,(H,29,33)/t23-/m0/s1. The largest absolute Gasteiger partial charge is 0.490 e. The second kappa shape index (κ2) is 10.0. The summed E-state index contributed by atoms with van der Waals surface area (Å²) in [5.41, 5.74) is 4.81. The Kier molecular flexibility index (Phi) is 6.69. The molecule has 3 aromatic rings. The molecule has 0 saturated carbocycles. The molecule has 1 aromatic heterocycles. The van der Waals surface area contributed by atoms with Crippen molar-refractivity contribution >= 4 is 17.4 Å². The first-order valence-corrected chi connectivity index (χ1v) is 13.1. The average Bonchev–Trinajstić information content (AvgIpc) is 3.52. The Morgan fingerprint density at radius 1 is 1.17 bits per heavy atom. The van der Waals surface area contributed by atoms with Crippen molar-refractivity contribution in [3.8, 4) is 33.0 Å². The highest BCUT2D eigenvalue weighted by atomic mass is 32.1. The maximum Gasteiger partial charge on any atom is 0.317 e. The number of piperidine rings is 1. The maximum atomic E-state index is 12.8. The Balaban J connectivity index is 1.37. The topological polar surface area (TPSA) is 91.1 Å². The monoisotopic (exact) mass is 487 g/mol. The van der Waals surface area contributed by atoms with Crippen molar-refractivity contribution < 1.29 is 9.53 Å². The molecule has 1 aliphatic carbocycles. The zero-order valence-corrected chi connectivity index (χ0v) is 20.9. The lowest BCUT2D eigenvalue weighted by Crippen LogP contribution is -2.43. The van der Waals surface area contributed by atoms with E-state index in [1.807, 2.05) is 43.0 Å². The predicted molar refractivity (Wildman–Crippen MR) is 136 cm³/mol. The van der Waals surface area contributed by atoms with Crippen LogP contribution in [0.15, 0.2) is 36.4 Å². The summed E-state index contributed by atoms with van der Waals surface area (Å²) in [5, 5.41) is 23.3. The maximum absolute atomic E-state index is 12.8. The van der Waals surface area contributed by atoms with Crippen molar-refractivity contribution in [3.05, 3.63) is 53.1 Å². The minimum Gasteiger partial charge on any atom is -0.490 e. The van der Waals surface area contributed by atoms with Crippen LogP contribution in [-0.2, 0) is 6.42 Å². The van der Waals surface area contributed by atoms with E-state index in [0.717, 1.165) is 59.9 Å². The third-order valence-corrected chi connectivity index (χ3v) is 7.58. The lowest BCUT2D eigenvalue weighted by atomic mass is 10.0. The highest BCUT2D eigenvalue weighted by Crippen LogP contribution is 2.40. The molecular formula is C27H29N5O2S. The number of hydrogen-bond donors (Lipinski definition) is 1. The molecule has 8 heteroatoms. The number of benzene rings is 2. The van der Waals surface area contributed by atoms with Crippen LogP contribution in [0, 0.1) is 11.3 Å². The zero-order valence-electron chi connectivity index (χ0n) is 20.1. The Morgan fingerprint density at radius 2 is 1.97 bits per heavy atom. The van der Waals surface area contributed by atoms with Gasteiger partial charge in [-0.2, -0.15) is 5.26 Å². The van der Waals surface area contributed by atoms with E-state index in [-0.39, 0.29) is 18.2 Å². The minimum atomic E-state index is -0.00489. The number of nitriles is 1. The summed E-state index contributed by atoms with van der Waals surface area (Å²) in [6.07, 6.45) is 5.15. The molecule has 2 aromatic carbocycles. The highest BCUT2D eigenvalue weighted by Gasteiger charge is 2.29. The summed E-state index contributed by atoms with van der Waals surface area (Å²) in [7, 11) is 0. The van der Waals surface area contributed by atoms with E-state index in [9.17, 15) is 10.1 Å². The SMILES string of the molecule is CC(C)Oc1ccc(-c2nnc(-c3cccc4c3CC[C@@H]4NC(=O)N3CCCCC3)s2)cc1C#N. The van der Waals surface area contributed by atoms with E-state index in [2.05, 4.69) is 33.7 Å². The smallest absolute Gasteiger partial charge is 0.317 e. The Hall–Kier alpha value is -3.44. The lowest BCUT2D eigenvalue weighted by Gasteiger charge is -2.28. The molecule has 5 rings (SSSR count). The van der Waals surface area contributed by atoms with E-state index in [1.165, 1.54) is 28.9 Å². The van der Waals surface area contributed by atoms with Crippen LogP contribution >= 0.6 is 11.3 Å². The van der Waals surface area contributed by atoms with E-state index >= 15 is 0 Å². The molecular weight excluding hydrogens is 458 g/mol. The fourth-order valence-electron chi connectivity index (χ4n) is 4.90. The second-order valence-corrected chi connectivity index (χ2v) is 10.3. The normalized spacial score (nSPS) is 17.2. The fourth-order valence-corrected chi connectivity index (χ4v) is 5.79. The third-order valence-electron chi connectivity index (χ3n) is 6.58. The number of hydrogen-bond acceptors (Lipinski definition) is 6. The van der Waals surface area contributed by atoms with E-state index < -0.39 is 0 Å². The molecule has 1 aliphatic heterocycles. The number of ether oxygens (including phenoxy) is 1. The highest BCUT2D eigenvalue weighted by molar-refractivity contribution is 7.17. The molecule has 1 N–H and O–H groups in total. The molecule has 35 heavy (non-hydrogen) atoms. The number of urea groups is 1. The van der Waals surface area contributed by atoms with Gasteiger partial charge in [0.1, 0.15) is 21.8 Å². The van der Waals surface area contributed by atoms with Gasteiger partial charge in [-0.3, -0.25) is 0 Å². The van der Waals surface area contributed by atoms with Crippen LogP contribution in [0.5, 0.6) is 5.75 Å². The number of carbonyl (C=O) groups excluding carboxylic acids is 1. The number of fused-ring (bicyclic) bond motifs is 1. The van der Waals surface area contributed by atoms with Gasteiger partial charge in [0, 0.05) is 24.2 Å². The van der Waals surface area contributed by atoms with Crippen molar-refractivity contribution in [3.63, 3.8) is 0 Å². The van der Waals surface area contributed by atoms with Crippen LogP contribution in [0.2, 0.25) is 0 Å². The van der Waals surface area contributed by atoms with Gasteiger partial charge in [-0.05, 0) is 75.3 Å². The summed E-state index contributed by atoms with van der Waals surface area (Å²) in [6, 6.07) is 14.1. The number of carbonyl (C=O) groups is 1. The minimum absolute atomic E-state index is 0.00489. The second-order valence-electron chi connectivity index (χ2n) is 9.36. The fraction of sp³-hybridized carbons (Fsp3) is 0.407. The first kappa shape index (κ1) is 23.3. The first-order chi connectivity index (χ1) is 17.0. The van der Waals surface area contributed by atoms with E-state index in [0.29, 0.717) is 11.3 Å². The molecule has 2 heterocycles. The number of nitrogens with zero attached hydrogens (tertiary/aromatic N) is 4. The summed E-state index contributed by atoms with van der Waals surface area (Å²) in [4.78, 5) is 14.7. The quantitative estimate of drug-likeness (QED) is 0.497. The van der Waals surface area contributed by atoms with E-state index in [1.54, 1.807) is 0 Å². The number of likely N-dealkylation sites (tertiary alicyclic amines) is 1. The average molecular weight is 488 g/mol. The van der Waals surface area contributed by atoms with Crippen LogP contribution < -0.4 is 10.1 Å². The number of rotatable bonds is 5. The van der Waals surface area contributed by atoms with Crippen LogP contribution in [0.1, 0.15) is 62.3 Å². The summed E-state index contributed by atoms with van der Waals surface area (Å²) in [6.45, 7) is 5.57. The summed E-state index contributed by atoms with van der Waals surface area (Å²) >= 11 is 1.51. The van der Waals surface area contributed by atoms with Gasteiger partial charge in [0.2, 0.25) is 0 Å². The third kappa shape index (κ3) is 4.87. The lowest BCUT2D eigenvalue weighted by molar-refractivity contribution is 0.182. The van der Waals surface area contributed by atoms with Gasteiger partial charge in [-0.1, -0.05) is 29.5 Å². The van der Waals surface area contributed by atoms with Crippen molar-refractivity contribution in [1.82, 2.24) is 20.4 Å². The van der Waals surface area contributed by atoms with Crippen LogP contribution in [0.25, 0.3) is 21.1 Å². The molecule has 0 bridgehead atoms. The summed E-state index contributed by atoms with van der Waals surface area (Å²) < 4.78 is 5.74. The van der Waals surface area contributed by atoms with Gasteiger partial charge in [0.15, 0.2) is 0 Å². The predicted octanol–water partition coefficient (Wildman–Crippen LogP) is 5.71. The molecule has 1 saturated heterocycles. The first-order valence-electron chi connectivity index (χ1n) is 12.3. The van der Waals surface area contributed by atoms with Crippen molar-refractivity contribution in [2.75, 3.05) is 13.1 Å². The Labute approximate surface area is 209 Å². The van der Waals surface area contributed by atoms with Gasteiger partial charge >= 0.3 is 6.03 Å². The number of aromatic nitrogens is 2. The van der Waals surface area contributed by atoms with E-state index in [4.69, 9.17) is 4.74 Å². The van der Waals surface area contributed by atoms with Gasteiger partial charge < -0.3 is 15.0 Å². The molecule has 2 amide bonds. The Bertz CT molecular complexity index is 1270. The molecule has 0 unspecified atom stereocenters. The van der Waals surface area contributed by atoms with Crippen LogP contribution in [-0.4, -0.2) is 40.3 Å². The summed E-state index contributed by atoms with van der Waals surface area (Å²) in [5.74, 6) is 0.578. The van der Waals surface area contributed by atoms with Gasteiger partial charge in [-0.25, -0.2) is 4.79 Å². The molecule has 2 aliphatic rings. The van der Waals surface area contributed by atoms with Crippen LogP contribution in [0.4, 0.5) is 4.79 Å². The Morgan fingerprint density at radius 3 is 2.74 bits per heavy atom. The number of nitrogens with one attached hydrogen (secondary N) is 1. The van der Waals surface area contributed by atoms with Gasteiger partial charge in [0.05, 0.1) is 17.7 Å². The molecule has 0 radical (unpaired) electrons. The van der Waals surface area contributed by atoms with Crippen molar-refractivity contribution in [2.45, 2.75) is 58.1 Å². The molecule has 0 spiro atoms. The van der Waals surface area contributed by atoms with Crippen molar-refractivity contribution in [2.24, 2.45) is 0 Å². The van der Waals surface area contributed by atoms with Gasteiger partial charge in [0.25, 0.3) is 0 Å². The molecule has 180 valence electrons. The molecule has 1 atom stereocenters. The molecule has 1 fully saturated rings. The number of amides is 2. The van der Waals surface area contributed by atoms with Crippen molar-refractivity contribution in [1.29, 1.82) is 5.26 Å². The van der Waals surface area contributed by atoms with Crippen LogP contribution in [0.3, 0.4) is 0 Å².